The fourth-order valence-electron chi connectivity index (χ4n) is 3.09. The Morgan fingerprint density at radius 3 is 2.30 bits per heavy atom. The van der Waals surface area contributed by atoms with E-state index in [1.165, 1.54) is 16.4 Å². The molecule has 3 aromatic rings. The predicted octanol–water partition coefficient (Wildman–Crippen LogP) is 4.59. The molecule has 30 heavy (non-hydrogen) atoms. The van der Waals surface area contributed by atoms with Gasteiger partial charge in [0.1, 0.15) is 9.90 Å². The second kappa shape index (κ2) is 7.88. The van der Waals surface area contributed by atoms with Crippen molar-refractivity contribution in [3.8, 4) is 10.6 Å². The summed E-state index contributed by atoms with van der Waals surface area (Å²) in [6.07, 6.45) is -4.65. The molecule has 0 atom stereocenters. The third kappa shape index (κ3) is 4.20. The number of benzene rings is 1. The summed E-state index contributed by atoms with van der Waals surface area (Å²) >= 11 is 6.76. The molecule has 0 bridgehead atoms. The Hall–Kier alpha value is -2.08. The van der Waals surface area contributed by atoms with Gasteiger partial charge in [-0.3, -0.25) is 0 Å². The van der Waals surface area contributed by atoms with Gasteiger partial charge in [-0.05, 0) is 36.4 Å². The summed E-state index contributed by atoms with van der Waals surface area (Å²) in [5.74, 6) is -1.23. The van der Waals surface area contributed by atoms with Crippen LogP contribution in [0.5, 0.6) is 0 Å². The summed E-state index contributed by atoms with van der Waals surface area (Å²) in [7, 11) is -3.76. The van der Waals surface area contributed by atoms with E-state index in [0.29, 0.717) is 31.2 Å². The lowest BCUT2D eigenvalue weighted by Gasteiger charge is -2.35. The highest BCUT2D eigenvalue weighted by Gasteiger charge is 2.36. The van der Waals surface area contributed by atoms with Gasteiger partial charge in [0.2, 0.25) is 5.76 Å². The van der Waals surface area contributed by atoms with Crippen molar-refractivity contribution < 1.29 is 26.1 Å². The summed E-state index contributed by atoms with van der Waals surface area (Å²) in [5.41, 5.74) is 0.905. The van der Waals surface area contributed by atoms with Crippen LogP contribution in [-0.4, -0.2) is 44.1 Å². The van der Waals surface area contributed by atoms with Crippen LogP contribution >= 0.6 is 22.9 Å². The van der Waals surface area contributed by atoms with Gasteiger partial charge in [0.05, 0.1) is 4.88 Å². The van der Waals surface area contributed by atoms with Crippen molar-refractivity contribution >= 4 is 38.6 Å². The zero-order valence-electron chi connectivity index (χ0n) is 15.3. The SMILES string of the molecule is O=S(=O)(c1ccc(-c2cc(C(F)(F)F)on2)s1)N1CCN(c2ccc(Cl)cc2)CC1. The first-order chi connectivity index (χ1) is 14.1. The number of thiophene rings is 1. The molecule has 0 unspecified atom stereocenters. The van der Waals surface area contributed by atoms with Crippen molar-refractivity contribution in [2.45, 2.75) is 10.4 Å². The lowest BCUT2D eigenvalue weighted by molar-refractivity contribution is -0.155. The number of sulfonamides is 1. The molecule has 1 saturated heterocycles. The van der Waals surface area contributed by atoms with E-state index >= 15 is 0 Å². The van der Waals surface area contributed by atoms with E-state index in [9.17, 15) is 21.6 Å². The van der Waals surface area contributed by atoms with E-state index < -0.39 is 22.0 Å². The van der Waals surface area contributed by atoms with Crippen molar-refractivity contribution in [2.75, 3.05) is 31.1 Å². The normalized spacial score (nSPS) is 16.2. The van der Waals surface area contributed by atoms with Crippen molar-refractivity contribution in [3.05, 3.63) is 53.2 Å². The summed E-state index contributed by atoms with van der Waals surface area (Å²) < 4.78 is 69.7. The fourth-order valence-corrected chi connectivity index (χ4v) is 6.05. The third-order valence-electron chi connectivity index (χ3n) is 4.65. The number of hydrogen-bond acceptors (Lipinski definition) is 6. The second-order valence-electron chi connectivity index (χ2n) is 6.56. The number of hydrogen-bond donors (Lipinski definition) is 0. The molecule has 1 aliphatic rings. The molecule has 0 saturated carbocycles. The highest BCUT2D eigenvalue weighted by molar-refractivity contribution is 7.91. The van der Waals surface area contributed by atoms with Crippen LogP contribution in [-0.2, 0) is 16.2 Å². The van der Waals surface area contributed by atoms with Crippen LogP contribution in [0.1, 0.15) is 5.76 Å². The standard InChI is InChI=1S/C18H15ClF3N3O3S2/c19-12-1-3-13(4-2-12)24-7-9-25(10-8-24)30(26,27)17-6-5-15(29-17)14-11-16(28-23-14)18(20,21)22/h1-6,11H,7-10H2. The van der Waals surface area contributed by atoms with Gasteiger partial charge < -0.3 is 9.42 Å². The van der Waals surface area contributed by atoms with E-state index in [-0.39, 0.29) is 14.8 Å². The van der Waals surface area contributed by atoms with Crippen molar-refractivity contribution in [3.63, 3.8) is 0 Å². The van der Waals surface area contributed by atoms with E-state index in [1.54, 1.807) is 12.1 Å². The average Bonchev–Trinajstić information content (AvgIpc) is 3.38. The molecule has 1 aliphatic heterocycles. The van der Waals surface area contributed by atoms with Gasteiger partial charge in [-0.25, -0.2) is 8.42 Å². The molecule has 1 aromatic carbocycles. The van der Waals surface area contributed by atoms with Crippen LogP contribution in [0.15, 0.2) is 51.2 Å². The minimum Gasteiger partial charge on any atom is -0.369 e. The quantitative estimate of drug-likeness (QED) is 0.550. The van der Waals surface area contributed by atoms with Crippen LogP contribution in [0.4, 0.5) is 18.9 Å². The molecule has 0 N–H and O–H groups in total. The molecule has 4 rings (SSSR count). The van der Waals surface area contributed by atoms with E-state index in [0.717, 1.165) is 23.1 Å². The van der Waals surface area contributed by atoms with Crippen LogP contribution in [0.25, 0.3) is 10.6 Å². The van der Waals surface area contributed by atoms with Crippen LogP contribution in [0, 0.1) is 0 Å². The first-order valence-corrected chi connectivity index (χ1v) is 11.4. The molecule has 160 valence electrons. The molecule has 1 fully saturated rings. The van der Waals surface area contributed by atoms with Gasteiger partial charge in [0, 0.05) is 43.0 Å². The van der Waals surface area contributed by atoms with Crippen LogP contribution < -0.4 is 4.90 Å². The Bertz CT molecular complexity index is 1140. The van der Waals surface area contributed by atoms with Gasteiger partial charge in [-0.2, -0.15) is 17.5 Å². The molecule has 6 nitrogen and oxygen atoms in total. The number of anilines is 1. The molecule has 0 aliphatic carbocycles. The van der Waals surface area contributed by atoms with Gasteiger partial charge >= 0.3 is 6.18 Å². The highest BCUT2D eigenvalue weighted by atomic mass is 35.5. The first-order valence-electron chi connectivity index (χ1n) is 8.79. The highest BCUT2D eigenvalue weighted by Crippen LogP contribution is 2.36. The summed E-state index contributed by atoms with van der Waals surface area (Å²) in [6, 6.07) is 10.9. The Labute approximate surface area is 179 Å². The molecular formula is C18H15ClF3N3O3S2. The number of aromatic nitrogens is 1. The number of piperazine rings is 1. The minimum atomic E-state index is -4.65. The van der Waals surface area contributed by atoms with Crippen molar-refractivity contribution in [1.29, 1.82) is 0 Å². The largest absolute Gasteiger partial charge is 0.452 e. The Kier molecular flexibility index (Phi) is 5.56. The molecule has 12 heteroatoms. The summed E-state index contributed by atoms with van der Waals surface area (Å²) in [6.45, 7) is 1.61. The summed E-state index contributed by atoms with van der Waals surface area (Å²) in [5, 5.41) is 4.03. The van der Waals surface area contributed by atoms with E-state index in [2.05, 4.69) is 14.6 Å². The molecular weight excluding hydrogens is 463 g/mol. The average molecular weight is 478 g/mol. The molecule has 0 radical (unpaired) electrons. The smallest absolute Gasteiger partial charge is 0.369 e. The number of halogens is 4. The maximum atomic E-state index is 13.0. The Balaban J connectivity index is 1.47. The van der Waals surface area contributed by atoms with E-state index in [1.807, 2.05) is 12.1 Å². The minimum absolute atomic E-state index is 0.0500. The van der Waals surface area contributed by atoms with Crippen LogP contribution in [0.2, 0.25) is 5.02 Å². The number of nitrogens with zero attached hydrogens (tertiary/aromatic N) is 3. The van der Waals surface area contributed by atoms with Gasteiger partial charge in [0.15, 0.2) is 0 Å². The predicted molar refractivity (Wildman–Crippen MR) is 107 cm³/mol. The first kappa shape index (κ1) is 21.2. The third-order valence-corrected chi connectivity index (χ3v) is 8.37. The number of alkyl halides is 3. The lowest BCUT2D eigenvalue weighted by atomic mass is 10.2. The Morgan fingerprint density at radius 1 is 1.03 bits per heavy atom. The lowest BCUT2D eigenvalue weighted by Crippen LogP contribution is -2.48. The molecule has 0 spiro atoms. The van der Waals surface area contributed by atoms with Gasteiger partial charge in [-0.1, -0.05) is 16.8 Å². The van der Waals surface area contributed by atoms with E-state index in [4.69, 9.17) is 11.6 Å². The Morgan fingerprint density at radius 2 is 1.70 bits per heavy atom. The van der Waals surface area contributed by atoms with Gasteiger partial charge in [0.25, 0.3) is 10.0 Å². The van der Waals surface area contributed by atoms with Crippen LogP contribution in [0.3, 0.4) is 0 Å². The summed E-state index contributed by atoms with van der Waals surface area (Å²) in [4.78, 5) is 2.35. The monoisotopic (exact) mass is 477 g/mol. The van der Waals surface area contributed by atoms with Crippen molar-refractivity contribution in [2.24, 2.45) is 0 Å². The molecule has 2 aromatic heterocycles. The molecule has 3 heterocycles. The topological polar surface area (TPSA) is 66.7 Å². The maximum absolute atomic E-state index is 13.0. The van der Waals surface area contributed by atoms with Gasteiger partial charge in [-0.15, -0.1) is 11.3 Å². The maximum Gasteiger partial charge on any atom is 0.452 e. The second-order valence-corrected chi connectivity index (χ2v) is 10.2. The zero-order valence-corrected chi connectivity index (χ0v) is 17.7. The van der Waals surface area contributed by atoms with Crippen molar-refractivity contribution in [1.82, 2.24) is 9.46 Å². The number of rotatable bonds is 4. The zero-order chi connectivity index (χ0) is 21.5. The molecule has 0 amide bonds. The fraction of sp³-hybridized carbons (Fsp3) is 0.278.